The van der Waals surface area contributed by atoms with Gasteiger partial charge in [0, 0.05) is 20.0 Å². The molecule has 0 aliphatic carbocycles. The van der Waals surface area contributed by atoms with Gasteiger partial charge in [-0.25, -0.2) is 0 Å². The Bertz CT molecular complexity index is 444. The molecule has 1 aromatic carbocycles. The molecule has 1 heterocycles. The number of nitrogens with zero attached hydrogens (tertiary/aromatic N) is 1. The fraction of sp³-hybridized carbons (Fsp3) is 0.533. The molecule has 0 bridgehead atoms. The zero-order chi connectivity index (χ0) is 14.4. The van der Waals surface area contributed by atoms with Crippen LogP contribution in [0.25, 0.3) is 0 Å². The van der Waals surface area contributed by atoms with Crippen molar-refractivity contribution in [3.05, 3.63) is 24.3 Å². The predicted octanol–water partition coefficient (Wildman–Crippen LogP) is 1.43. The highest BCUT2D eigenvalue weighted by Gasteiger charge is 2.22. The van der Waals surface area contributed by atoms with Crippen LogP contribution in [0.4, 0.5) is 5.69 Å². The summed E-state index contributed by atoms with van der Waals surface area (Å²) < 4.78 is 11.3. The minimum atomic E-state index is -0.00803. The molecule has 0 saturated carbocycles. The average Bonchev–Trinajstić information content (AvgIpc) is 2.47. The van der Waals surface area contributed by atoms with Gasteiger partial charge < -0.3 is 19.7 Å². The first-order valence-corrected chi connectivity index (χ1v) is 7.04. The molecule has 1 aromatic rings. The second-order valence-electron chi connectivity index (χ2n) is 4.73. The van der Waals surface area contributed by atoms with Crippen molar-refractivity contribution in [1.29, 1.82) is 0 Å². The minimum Gasteiger partial charge on any atom is -0.492 e. The van der Waals surface area contributed by atoms with Crippen LogP contribution in [-0.4, -0.2) is 44.9 Å². The van der Waals surface area contributed by atoms with Gasteiger partial charge in [0.2, 0.25) is 5.91 Å². The second kappa shape index (κ2) is 7.26. The lowest BCUT2D eigenvalue weighted by atomic mass is 10.2. The van der Waals surface area contributed by atoms with E-state index in [1.165, 1.54) is 0 Å². The van der Waals surface area contributed by atoms with E-state index in [-0.39, 0.29) is 12.0 Å². The van der Waals surface area contributed by atoms with Crippen molar-refractivity contribution >= 4 is 11.6 Å². The van der Waals surface area contributed by atoms with E-state index in [2.05, 4.69) is 5.32 Å². The molecular formula is C15H22N2O3. The Hall–Kier alpha value is -1.59. The summed E-state index contributed by atoms with van der Waals surface area (Å²) >= 11 is 0. The van der Waals surface area contributed by atoms with Gasteiger partial charge >= 0.3 is 0 Å². The van der Waals surface area contributed by atoms with Gasteiger partial charge in [0.1, 0.15) is 5.75 Å². The van der Waals surface area contributed by atoms with Gasteiger partial charge in [-0.15, -0.1) is 0 Å². The summed E-state index contributed by atoms with van der Waals surface area (Å²) in [4.78, 5) is 13.7. The van der Waals surface area contributed by atoms with Crippen molar-refractivity contribution in [2.75, 3.05) is 37.7 Å². The molecule has 0 radical (unpaired) electrons. The SMILES string of the molecule is CCOc1ccccc1N(CC1CNCCO1)C(C)=O. The highest BCUT2D eigenvalue weighted by atomic mass is 16.5. The summed E-state index contributed by atoms with van der Waals surface area (Å²) in [7, 11) is 0. The van der Waals surface area contributed by atoms with E-state index in [0.717, 1.165) is 24.5 Å². The quantitative estimate of drug-likeness (QED) is 0.885. The van der Waals surface area contributed by atoms with E-state index in [0.29, 0.717) is 19.8 Å². The van der Waals surface area contributed by atoms with Crippen molar-refractivity contribution in [2.24, 2.45) is 0 Å². The minimum absolute atomic E-state index is 0.00803. The van der Waals surface area contributed by atoms with E-state index in [1.807, 2.05) is 31.2 Å². The predicted molar refractivity (Wildman–Crippen MR) is 78.2 cm³/mol. The molecule has 1 saturated heterocycles. The molecular weight excluding hydrogens is 256 g/mol. The van der Waals surface area contributed by atoms with Gasteiger partial charge in [0.25, 0.3) is 0 Å². The molecule has 1 N–H and O–H groups in total. The number of benzene rings is 1. The first kappa shape index (κ1) is 14.8. The van der Waals surface area contributed by atoms with E-state index < -0.39 is 0 Å². The van der Waals surface area contributed by atoms with E-state index in [1.54, 1.807) is 11.8 Å². The van der Waals surface area contributed by atoms with Gasteiger partial charge in [-0.05, 0) is 19.1 Å². The Morgan fingerprint density at radius 3 is 2.95 bits per heavy atom. The molecule has 5 nitrogen and oxygen atoms in total. The van der Waals surface area contributed by atoms with Crippen LogP contribution < -0.4 is 15.0 Å². The Morgan fingerprint density at radius 1 is 1.50 bits per heavy atom. The number of amides is 1. The van der Waals surface area contributed by atoms with Gasteiger partial charge in [0.05, 0.1) is 31.5 Å². The summed E-state index contributed by atoms with van der Waals surface area (Å²) in [5.74, 6) is 0.722. The van der Waals surface area contributed by atoms with Crippen molar-refractivity contribution in [3.63, 3.8) is 0 Å². The zero-order valence-corrected chi connectivity index (χ0v) is 12.1. The fourth-order valence-corrected chi connectivity index (χ4v) is 2.29. The number of ether oxygens (including phenoxy) is 2. The maximum Gasteiger partial charge on any atom is 0.224 e. The van der Waals surface area contributed by atoms with Gasteiger partial charge in [0.15, 0.2) is 0 Å². The monoisotopic (exact) mass is 278 g/mol. The molecule has 20 heavy (non-hydrogen) atoms. The maximum atomic E-state index is 12.0. The largest absolute Gasteiger partial charge is 0.492 e. The van der Waals surface area contributed by atoms with Crippen LogP contribution in [-0.2, 0) is 9.53 Å². The van der Waals surface area contributed by atoms with Gasteiger partial charge in [-0.1, -0.05) is 12.1 Å². The maximum absolute atomic E-state index is 12.0. The molecule has 1 unspecified atom stereocenters. The third kappa shape index (κ3) is 3.71. The highest BCUT2D eigenvalue weighted by molar-refractivity contribution is 5.93. The Morgan fingerprint density at radius 2 is 2.30 bits per heavy atom. The Kier molecular flexibility index (Phi) is 5.38. The number of morpholine rings is 1. The summed E-state index contributed by atoms with van der Waals surface area (Å²) in [6, 6.07) is 7.61. The van der Waals surface area contributed by atoms with Crippen LogP contribution >= 0.6 is 0 Å². The summed E-state index contributed by atoms with van der Waals surface area (Å²) in [6.07, 6.45) is 0.0160. The topological polar surface area (TPSA) is 50.8 Å². The Balaban J connectivity index is 2.17. The number of nitrogens with one attached hydrogen (secondary N) is 1. The third-order valence-corrected chi connectivity index (χ3v) is 3.23. The van der Waals surface area contributed by atoms with Crippen molar-refractivity contribution in [3.8, 4) is 5.75 Å². The smallest absolute Gasteiger partial charge is 0.224 e. The number of para-hydroxylation sites is 2. The summed E-state index contributed by atoms with van der Waals surface area (Å²) in [5, 5.41) is 3.28. The van der Waals surface area contributed by atoms with Crippen LogP contribution in [0.2, 0.25) is 0 Å². The molecule has 1 atom stereocenters. The van der Waals surface area contributed by atoms with Crippen LogP contribution in [0.15, 0.2) is 24.3 Å². The van der Waals surface area contributed by atoms with E-state index >= 15 is 0 Å². The summed E-state index contributed by atoms with van der Waals surface area (Å²) in [5.41, 5.74) is 0.802. The molecule has 110 valence electrons. The van der Waals surface area contributed by atoms with Crippen LogP contribution in [0.3, 0.4) is 0 Å². The third-order valence-electron chi connectivity index (χ3n) is 3.23. The lowest BCUT2D eigenvalue weighted by Gasteiger charge is -2.30. The zero-order valence-electron chi connectivity index (χ0n) is 12.1. The highest BCUT2D eigenvalue weighted by Crippen LogP contribution is 2.28. The first-order valence-electron chi connectivity index (χ1n) is 7.04. The second-order valence-corrected chi connectivity index (χ2v) is 4.73. The van der Waals surface area contributed by atoms with Gasteiger partial charge in [-0.2, -0.15) is 0 Å². The lowest BCUT2D eigenvalue weighted by Crippen LogP contribution is -2.46. The molecule has 5 heteroatoms. The van der Waals surface area contributed by atoms with Crippen molar-refractivity contribution < 1.29 is 14.3 Å². The normalized spacial score (nSPS) is 18.6. The van der Waals surface area contributed by atoms with E-state index in [4.69, 9.17) is 9.47 Å². The summed E-state index contributed by atoms with van der Waals surface area (Å²) in [6.45, 7) is 6.93. The van der Waals surface area contributed by atoms with Crippen LogP contribution in [0, 0.1) is 0 Å². The molecule has 1 amide bonds. The average molecular weight is 278 g/mol. The number of hydrogen-bond acceptors (Lipinski definition) is 4. The van der Waals surface area contributed by atoms with Crippen LogP contribution in [0.1, 0.15) is 13.8 Å². The first-order chi connectivity index (χ1) is 9.72. The van der Waals surface area contributed by atoms with Crippen molar-refractivity contribution in [1.82, 2.24) is 5.32 Å². The molecule has 2 rings (SSSR count). The fourth-order valence-electron chi connectivity index (χ4n) is 2.29. The number of carbonyl (C=O) groups excluding carboxylic acids is 1. The standard InChI is InChI=1S/C15H22N2O3/c1-3-19-15-7-5-4-6-14(15)17(12(2)18)11-13-10-16-8-9-20-13/h4-7,13,16H,3,8-11H2,1-2H3. The van der Waals surface area contributed by atoms with Crippen LogP contribution in [0.5, 0.6) is 5.75 Å². The number of rotatable bonds is 5. The molecule has 1 aliphatic heterocycles. The molecule has 1 aliphatic rings. The molecule has 0 spiro atoms. The van der Waals surface area contributed by atoms with Gasteiger partial charge in [-0.3, -0.25) is 4.79 Å². The molecule has 0 aromatic heterocycles. The van der Waals surface area contributed by atoms with E-state index in [9.17, 15) is 4.79 Å². The lowest BCUT2D eigenvalue weighted by molar-refractivity contribution is -0.117. The number of carbonyl (C=O) groups is 1. The number of anilines is 1. The Labute approximate surface area is 119 Å². The van der Waals surface area contributed by atoms with Crippen molar-refractivity contribution in [2.45, 2.75) is 20.0 Å². The molecule has 1 fully saturated rings. The number of hydrogen-bond donors (Lipinski definition) is 1.